The minimum absolute atomic E-state index is 0.0625. The molecule has 3 aliphatic rings. The summed E-state index contributed by atoms with van der Waals surface area (Å²) in [4.78, 5) is 0. The highest BCUT2D eigenvalue weighted by atomic mass is 16.7. The van der Waals surface area contributed by atoms with Gasteiger partial charge in [-0.2, -0.15) is 0 Å². The molecule has 0 aromatic heterocycles. The number of rotatable bonds is 4. The van der Waals surface area contributed by atoms with Crippen LogP contribution in [0.15, 0.2) is 36.4 Å². The lowest BCUT2D eigenvalue weighted by molar-refractivity contribution is -0.0788. The Hall–Kier alpha value is -2.64. The smallest absolute Gasteiger partial charge is 0.231 e. The maximum absolute atomic E-state index is 9.72. The van der Waals surface area contributed by atoms with Gasteiger partial charge in [-0.1, -0.05) is 6.07 Å². The summed E-state index contributed by atoms with van der Waals surface area (Å²) in [6.07, 6.45) is -0.462. The molecule has 0 amide bonds. The molecule has 0 spiro atoms. The highest BCUT2D eigenvalue weighted by molar-refractivity contribution is 5.46. The number of phenols is 1. The molecule has 2 fully saturated rings. The van der Waals surface area contributed by atoms with Crippen molar-refractivity contribution < 1.29 is 33.5 Å². The van der Waals surface area contributed by atoms with Crippen molar-refractivity contribution >= 4 is 0 Å². The van der Waals surface area contributed by atoms with E-state index < -0.39 is 6.29 Å². The molecule has 4 unspecified atom stereocenters. The first kappa shape index (κ1) is 16.5. The summed E-state index contributed by atoms with van der Waals surface area (Å²) >= 11 is 0. The zero-order valence-corrected chi connectivity index (χ0v) is 14.8. The van der Waals surface area contributed by atoms with Crippen LogP contribution in [0.2, 0.25) is 0 Å². The number of ether oxygens (including phenoxy) is 6. The molecule has 2 aromatic carbocycles. The third-order valence-electron chi connectivity index (χ3n) is 5.34. The van der Waals surface area contributed by atoms with E-state index >= 15 is 0 Å². The Balaban J connectivity index is 1.31. The molecule has 2 aromatic rings. The van der Waals surface area contributed by atoms with Crippen LogP contribution in [-0.2, 0) is 9.47 Å². The van der Waals surface area contributed by atoms with Crippen LogP contribution in [0.1, 0.15) is 11.7 Å². The van der Waals surface area contributed by atoms with Crippen LogP contribution >= 0.6 is 0 Å². The van der Waals surface area contributed by atoms with Crippen LogP contribution < -0.4 is 18.9 Å². The number of hydrogen-bond acceptors (Lipinski definition) is 7. The monoisotopic (exact) mass is 372 g/mol. The van der Waals surface area contributed by atoms with Gasteiger partial charge in [0.15, 0.2) is 23.0 Å². The number of benzene rings is 2. The van der Waals surface area contributed by atoms with Gasteiger partial charge < -0.3 is 33.5 Å². The first-order valence-corrected chi connectivity index (χ1v) is 8.89. The van der Waals surface area contributed by atoms with Crippen LogP contribution in [0, 0.1) is 11.8 Å². The van der Waals surface area contributed by atoms with E-state index in [0.717, 1.165) is 17.1 Å². The highest BCUT2D eigenvalue weighted by Crippen LogP contribution is 2.47. The Morgan fingerprint density at radius 1 is 0.963 bits per heavy atom. The van der Waals surface area contributed by atoms with E-state index in [1.807, 2.05) is 18.2 Å². The Labute approximate surface area is 156 Å². The predicted molar refractivity (Wildman–Crippen MR) is 93.3 cm³/mol. The van der Waals surface area contributed by atoms with Gasteiger partial charge >= 0.3 is 0 Å². The summed E-state index contributed by atoms with van der Waals surface area (Å²) < 4.78 is 34.0. The zero-order valence-electron chi connectivity index (χ0n) is 14.8. The quantitative estimate of drug-likeness (QED) is 0.884. The predicted octanol–water partition coefficient (Wildman–Crippen LogP) is 2.87. The van der Waals surface area contributed by atoms with Gasteiger partial charge in [-0.3, -0.25) is 0 Å². The van der Waals surface area contributed by atoms with Crippen molar-refractivity contribution in [3.8, 4) is 28.7 Å². The molecule has 3 aliphatic heterocycles. The summed E-state index contributed by atoms with van der Waals surface area (Å²) in [5.41, 5.74) is 1.06. The second-order valence-electron chi connectivity index (χ2n) is 6.85. The fraction of sp³-hybridized carbons (Fsp3) is 0.400. The van der Waals surface area contributed by atoms with Crippen molar-refractivity contribution in [2.75, 3.05) is 27.1 Å². The molecule has 0 saturated carbocycles. The molecule has 5 rings (SSSR count). The minimum Gasteiger partial charge on any atom is -0.504 e. The van der Waals surface area contributed by atoms with E-state index in [9.17, 15) is 5.11 Å². The Bertz CT molecular complexity index is 852. The van der Waals surface area contributed by atoms with Crippen molar-refractivity contribution in [2.45, 2.75) is 12.4 Å². The van der Waals surface area contributed by atoms with E-state index in [2.05, 4.69) is 0 Å². The van der Waals surface area contributed by atoms with Crippen LogP contribution in [0.25, 0.3) is 0 Å². The molecule has 0 aliphatic carbocycles. The van der Waals surface area contributed by atoms with E-state index in [4.69, 9.17) is 28.4 Å². The first-order valence-electron chi connectivity index (χ1n) is 8.89. The lowest BCUT2D eigenvalue weighted by atomic mass is 9.89. The number of hydrogen-bond donors (Lipinski definition) is 1. The largest absolute Gasteiger partial charge is 0.504 e. The third-order valence-corrected chi connectivity index (χ3v) is 5.34. The molecule has 27 heavy (non-hydrogen) atoms. The Morgan fingerprint density at radius 2 is 1.81 bits per heavy atom. The minimum atomic E-state index is -0.400. The van der Waals surface area contributed by atoms with E-state index in [1.165, 1.54) is 7.11 Å². The number of aromatic hydroxyl groups is 1. The normalized spacial score (nSPS) is 28.2. The standard InChI is InChI=1S/C20H20O7/c1-22-17-7-12(3-4-15(17)21)27-20-14-9-23-19(13(14)8-24-20)11-2-5-16-18(6-11)26-10-25-16/h2-7,13-14,19-21H,8-10H2,1H3. The van der Waals surface area contributed by atoms with Crippen molar-refractivity contribution in [1.29, 1.82) is 0 Å². The number of fused-ring (bicyclic) bond motifs is 2. The van der Waals surface area contributed by atoms with Gasteiger partial charge in [0, 0.05) is 12.0 Å². The lowest BCUT2D eigenvalue weighted by Gasteiger charge is -2.18. The van der Waals surface area contributed by atoms with Crippen molar-refractivity contribution in [3.63, 3.8) is 0 Å². The average Bonchev–Trinajstić information content (AvgIpc) is 3.39. The fourth-order valence-corrected chi connectivity index (χ4v) is 3.93. The van der Waals surface area contributed by atoms with Gasteiger partial charge in [0.1, 0.15) is 5.75 Å². The van der Waals surface area contributed by atoms with E-state index in [1.54, 1.807) is 18.2 Å². The molecule has 7 nitrogen and oxygen atoms in total. The molecule has 7 heteroatoms. The summed E-state index contributed by atoms with van der Waals surface area (Å²) in [5.74, 6) is 2.86. The molecule has 0 bridgehead atoms. The number of methoxy groups -OCH3 is 1. The second-order valence-corrected chi connectivity index (χ2v) is 6.85. The summed E-state index contributed by atoms with van der Waals surface area (Å²) in [5, 5.41) is 9.72. The first-order chi connectivity index (χ1) is 13.2. The van der Waals surface area contributed by atoms with Crippen LogP contribution in [0.5, 0.6) is 28.7 Å². The van der Waals surface area contributed by atoms with Crippen molar-refractivity contribution in [2.24, 2.45) is 11.8 Å². The van der Waals surface area contributed by atoms with Crippen LogP contribution in [0.3, 0.4) is 0 Å². The topological polar surface area (TPSA) is 75.6 Å². The zero-order chi connectivity index (χ0) is 18.4. The van der Waals surface area contributed by atoms with Crippen molar-refractivity contribution in [3.05, 3.63) is 42.0 Å². The van der Waals surface area contributed by atoms with Gasteiger partial charge in [-0.05, 0) is 29.8 Å². The molecule has 4 atom stereocenters. The lowest BCUT2D eigenvalue weighted by Crippen LogP contribution is -2.26. The SMILES string of the molecule is COc1cc(OC2OCC3C(c4ccc5c(c4)OCO5)OCC23)ccc1O. The maximum atomic E-state index is 9.72. The van der Waals surface area contributed by atoms with Gasteiger partial charge in [-0.25, -0.2) is 0 Å². The van der Waals surface area contributed by atoms with E-state index in [0.29, 0.717) is 24.7 Å². The van der Waals surface area contributed by atoms with Gasteiger partial charge in [0.05, 0.1) is 32.3 Å². The van der Waals surface area contributed by atoms with Crippen molar-refractivity contribution in [1.82, 2.24) is 0 Å². The highest BCUT2D eigenvalue weighted by Gasteiger charge is 2.49. The van der Waals surface area contributed by atoms with Crippen LogP contribution in [-0.4, -0.2) is 38.5 Å². The Kier molecular flexibility index (Phi) is 3.98. The average molecular weight is 372 g/mol. The van der Waals surface area contributed by atoms with Gasteiger partial charge in [0.2, 0.25) is 13.1 Å². The molecule has 142 valence electrons. The van der Waals surface area contributed by atoms with Crippen LogP contribution in [0.4, 0.5) is 0 Å². The molecular weight excluding hydrogens is 352 g/mol. The summed E-state index contributed by atoms with van der Waals surface area (Å²) in [6, 6.07) is 10.8. The Morgan fingerprint density at radius 3 is 2.70 bits per heavy atom. The fourth-order valence-electron chi connectivity index (χ4n) is 3.93. The molecule has 3 heterocycles. The molecule has 0 radical (unpaired) electrons. The summed E-state index contributed by atoms with van der Waals surface area (Å²) in [6.45, 7) is 1.37. The second kappa shape index (κ2) is 6.51. The number of phenolic OH excluding ortho intramolecular Hbond substituents is 1. The van der Waals surface area contributed by atoms with Gasteiger partial charge in [0.25, 0.3) is 0 Å². The maximum Gasteiger partial charge on any atom is 0.231 e. The molecule has 2 saturated heterocycles. The third kappa shape index (κ3) is 2.83. The molecule has 1 N–H and O–H groups in total. The van der Waals surface area contributed by atoms with E-state index in [-0.39, 0.29) is 30.5 Å². The summed E-state index contributed by atoms with van der Waals surface area (Å²) in [7, 11) is 1.50. The van der Waals surface area contributed by atoms with Gasteiger partial charge in [-0.15, -0.1) is 0 Å². The molecular formula is C20H20O7.